The van der Waals surface area contributed by atoms with Crippen molar-refractivity contribution in [3.8, 4) is 0 Å². The van der Waals surface area contributed by atoms with Gasteiger partial charge in [-0.1, -0.05) is 23.5 Å². The SMILES string of the molecule is Nc1c(Nc2ccncc2)ncnc1Nc1nc2ccccc2s1. The average molecular weight is 335 g/mol. The minimum atomic E-state index is 0.425. The number of hydrogen-bond acceptors (Lipinski definition) is 8. The number of nitrogens with one attached hydrogen (secondary N) is 2. The summed E-state index contributed by atoms with van der Waals surface area (Å²) in [5.74, 6) is 1.04. The predicted molar refractivity (Wildman–Crippen MR) is 96.9 cm³/mol. The van der Waals surface area contributed by atoms with Crippen LogP contribution in [0.4, 0.5) is 28.1 Å². The first-order valence-corrected chi connectivity index (χ1v) is 8.01. The number of nitrogen functional groups attached to an aromatic ring is 1. The molecule has 7 nitrogen and oxygen atoms in total. The number of fused-ring (bicyclic) bond motifs is 1. The van der Waals surface area contributed by atoms with Crippen LogP contribution in [0.15, 0.2) is 55.1 Å². The molecule has 0 spiro atoms. The lowest BCUT2D eigenvalue weighted by Crippen LogP contribution is -2.05. The van der Waals surface area contributed by atoms with Gasteiger partial charge in [-0.05, 0) is 24.3 Å². The molecule has 0 radical (unpaired) electrons. The van der Waals surface area contributed by atoms with Crippen molar-refractivity contribution in [1.29, 1.82) is 0 Å². The van der Waals surface area contributed by atoms with Crippen molar-refractivity contribution in [2.75, 3.05) is 16.4 Å². The van der Waals surface area contributed by atoms with Gasteiger partial charge in [-0.2, -0.15) is 0 Å². The Kier molecular flexibility index (Phi) is 3.64. The third-order valence-electron chi connectivity index (χ3n) is 3.35. The van der Waals surface area contributed by atoms with E-state index in [9.17, 15) is 0 Å². The van der Waals surface area contributed by atoms with Gasteiger partial charge in [0.05, 0.1) is 10.2 Å². The van der Waals surface area contributed by atoms with Gasteiger partial charge in [-0.15, -0.1) is 0 Å². The maximum atomic E-state index is 6.18. The molecule has 4 N–H and O–H groups in total. The number of thiazole rings is 1. The number of benzene rings is 1. The van der Waals surface area contributed by atoms with Gasteiger partial charge in [-0.3, -0.25) is 4.98 Å². The van der Waals surface area contributed by atoms with E-state index >= 15 is 0 Å². The van der Waals surface area contributed by atoms with E-state index in [1.807, 2.05) is 36.4 Å². The fourth-order valence-electron chi connectivity index (χ4n) is 2.19. The summed E-state index contributed by atoms with van der Waals surface area (Å²) in [7, 11) is 0. The largest absolute Gasteiger partial charge is 0.393 e. The Bertz CT molecular complexity index is 951. The van der Waals surface area contributed by atoms with Gasteiger partial charge >= 0.3 is 0 Å². The highest BCUT2D eigenvalue weighted by atomic mass is 32.1. The molecule has 0 saturated heterocycles. The molecule has 4 aromatic rings. The second kappa shape index (κ2) is 6.09. The number of aromatic nitrogens is 4. The van der Waals surface area contributed by atoms with Crippen molar-refractivity contribution in [3.63, 3.8) is 0 Å². The van der Waals surface area contributed by atoms with Gasteiger partial charge in [-0.25, -0.2) is 15.0 Å². The molecule has 0 bridgehead atoms. The van der Waals surface area contributed by atoms with E-state index in [1.54, 1.807) is 23.7 Å². The molecule has 0 aliphatic rings. The van der Waals surface area contributed by atoms with Crippen molar-refractivity contribution >= 4 is 49.7 Å². The lowest BCUT2D eigenvalue weighted by molar-refractivity contribution is 1.17. The Morgan fingerprint density at radius 1 is 0.917 bits per heavy atom. The monoisotopic (exact) mass is 335 g/mol. The second-order valence-corrected chi connectivity index (χ2v) is 5.99. The third-order valence-corrected chi connectivity index (χ3v) is 4.30. The summed E-state index contributed by atoms with van der Waals surface area (Å²) in [4.78, 5) is 16.9. The van der Waals surface area contributed by atoms with Crippen LogP contribution in [-0.4, -0.2) is 19.9 Å². The van der Waals surface area contributed by atoms with E-state index in [-0.39, 0.29) is 0 Å². The number of anilines is 5. The first-order valence-electron chi connectivity index (χ1n) is 7.20. The summed E-state index contributed by atoms with van der Waals surface area (Å²) >= 11 is 1.54. The van der Waals surface area contributed by atoms with Gasteiger partial charge in [0.25, 0.3) is 0 Å². The molecule has 0 saturated carbocycles. The summed E-state index contributed by atoms with van der Waals surface area (Å²) in [5.41, 5.74) is 8.40. The molecule has 1 aromatic carbocycles. The number of rotatable bonds is 4. The highest BCUT2D eigenvalue weighted by Gasteiger charge is 2.11. The van der Waals surface area contributed by atoms with Crippen LogP contribution in [0.5, 0.6) is 0 Å². The van der Waals surface area contributed by atoms with E-state index in [1.165, 1.54) is 6.33 Å². The van der Waals surface area contributed by atoms with Gasteiger partial charge in [0, 0.05) is 18.1 Å². The molecular weight excluding hydrogens is 322 g/mol. The molecule has 0 aliphatic carbocycles. The molecule has 24 heavy (non-hydrogen) atoms. The second-order valence-electron chi connectivity index (χ2n) is 4.96. The van der Waals surface area contributed by atoms with Crippen LogP contribution in [0.2, 0.25) is 0 Å². The van der Waals surface area contributed by atoms with Crippen LogP contribution in [0.25, 0.3) is 10.2 Å². The molecule has 118 valence electrons. The zero-order valence-electron chi connectivity index (χ0n) is 12.5. The van der Waals surface area contributed by atoms with Crippen molar-refractivity contribution in [1.82, 2.24) is 19.9 Å². The lowest BCUT2D eigenvalue weighted by Gasteiger charge is -2.11. The minimum Gasteiger partial charge on any atom is -0.393 e. The smallest absolute Gasteiger partial charge is 0.189 e. The zero-order chi connectivity index (χ0) is 16.4. The van der Waals surface area contributed by atoms with E-state index in [2.05, 4.69) is 30.6 Å². The molecule has 4 rings (SSSR count). The van der Waals surface area contributed by atoms with E-state index in [0.29, 0.717) is 17.3 Å². The first kappa shape index (κ1) is 14.3. The number of hydrogen-bond donors (Lipinski definition) is 3. The molecule has 0 amide bonds. The van der Waals surface area contributed by atoms with Crippen molar-refractivity contribution in [2.45, 2.75) is 0 Å². The average Bonchev–Trinajstić information content (AvgIpc) is 3.02. The molecule has 0 unspecified atom stereocenters. The standard InChI is InChI=1S/C16H13N7S/c17-13-14(21-10-5-7-18-8-6-10)19-9-20-15(13)23-16-22-11-3-1-2-4-12(11)24-16/h1-9H,17H2,(H2,18,19,20,21,22,23). The Morgan fingerprint density at radius 3 is 2.46 bits per heavy atom. The number of pyridine rings is 1. The van der Waals surface area contributed by atoms with Crippen LogP contribution in [-0.2, 0) is 0 Å². The van der Waals surface area contributed by atoms with E-state index in [0.717, 1.165) is 21.0 Å². The Hall–Kier alpha value is -3.26. The lowest BCUT2D eigenvalue weighted by atomic mass is 10.3. The van der Waals surface area contributed by atoms with Gasteiger partial charge in [0.15, 0.2) is 16.8 Å². The van der Waals surface area contributed by atoms with Crippen LogP contribution in [0.3, 0.4) is 0 Å². The van der Waals surface area contributed by atoms with Gasteiger partial charge in [0.1, 0.15) is 12.0 Å². The number of para-hydroxylation sites is 1. The Labute approximate surface area is 141 Å². The summed E-state index contributed by atoms with van der Waals surface area (Å²) in [6.45, 7) is 0. The van der Waals surface area contributed by atoms with Crippen LogP contribution >= 0.6 is 11.3 Å². The predicted octanol–water partition coefficient (Wildman–Crippen LogP) is 3.55. The summed E-state index contributed by atoms with van der Waals surface area (Å²) in [6.07, 6.45) is 4.84. The van der Waals surface area contributed by atoms with Crippen LogP contribution in [0.1, 0.15) is 0 Å². The minimum absolute atomic E-state index is 0.425. The maximum Gasteiger partial charge on any atom is 0.189 e. The third kappa shape index (κ3) is 2.82. The quantitative estimate of drug-likeness (QED) is 0.524. The molecule has 3 aromatic heterocycles. The molecule has 0 atom stereocenters. The molecule has 3 heterocycles. The van der Waals surface area contributed by atoms with E-state index in [4.69, 9.17) is 5.73 Å². The molecule has 8 heteroatoms. The van der Waals surface area contributed by atoms with E-state index < -0.39 is 0 Å². The fourth-order valence-corrected chi connectivity index (χ4v) is 3.06. The number of nitrogens with two attached hydrogens (primary N) is 1. The molecular formula is C16H13N7S. The maximum absolute atomic E-state index is 6.18. The topological polar surface area (TPSA) is 102 Å². The van der Waals surface area contributed by atoms with Gasteiger partial charge in [0.2, 0.25) is 0 Å². The first-order chi connectivity index (χ1) is 11.8. The highest BCUT2D eigenvalue weighted by molar-refractivity contribution is 7.22. The highest BCUT2D eigenvalue weighted by Crippen LogP contribution is 2.31. The van der Waals surface area contributed by atoms with Crippen molar-refractivity contribution in [3.05, 3.63) is 55.1 Å². The normalized spacial score (nSPS) is 10.7. The summed E-state index contributed by atoms with van der Waals surface area (Å²) in [6, 6.07) is 11.6. The number of nitrogens with zero attached hydrogens (tertiary/aromatic N) is 4. The summed E-state index contributed by atoms with van der Waals surface area (Å²) < 4.78 is 1.10. The van der Waals surface area contributed by atoms with Crippen LogP contribution < -0.4 is 16.4 Å². The van der Waals surface area contributed by atoms with Gasteiger partial charge < -0.3 is 16.4 Å². The summed E-state index contributed by atoms with van der Waals surface area (Å²) in [5, 5.41) is 7.05. The zero-order valence-corrected chi connectivity index (χ0v) is 13.3. The molecule has 0 fully saturated rings. The van der Waals surface area contributed by atoms with Crippen molar-refractivity contribution < 1.29 is 0 Å². The van der Waals surface area contributed by atoms with Crippen LogP contribution in [0, 0.1) is 0 Å². The fraction of sp³-hybridized carbons (Fsp3) is 0. The molecule has 0 aliphatic heterocycles. The van der Waals surface area contributed by atoms with Crippen molar-refractivity contribution in [2.24, 2.45) is 0 Å². The Morgan fingerprint density at radius 2 is 1.67 bits per heavy atom. The Balaban J connectivity index is 1.62.